The van der Waals surface area contributed by atoms with Gasteiger partial charge in [0.15, 0.2) is 0 Å². The number of carbonyl (C=O) groups is 1. The third-order valence-corrected chi connectivity index (χ3v) is 2.02. The van der Waals surface area contributed by atoms with Gasteiger partial charge in [-0.05, 0) is 36.3 Å². The fourth-order valence-corrected chi connectivity index (χ4v) is 1.20. The molecule has 3 N–H and O–H groups in total. The Morgan fingerprint density at radius 2 is 2.36 bits per heavy atom. The number of amides is 1. The van der Waals surface area contributed by atoms with Crippen molar-refractivity contribution in [1.82, 2.24) is 0 Å². The first-order valence-electron chi connectivity index (χ1n) is 4.40. The minimum Gasteiger partial charge on any atom is -0.326 e. The third-order valence-electron chi connectivity index (χ3n) is 2.02. The van der Waals surface area contributed by atoms with Gasteiger partial charge in [0.05, 0.1) is 0 Å². The van der Waals surface area contributed by atoms with Gasteiger partial charge in [-0.1, -0.05) is 12.6 Å². The second kappa shape index (κ2) is 4.58. The molecule has 0 aliphatic rings. The highest BCUT2D eigenvalue weighted by Crippen LogP contribution is 2.14. The first kappa shape index (κ1) is 10.5. The van der Waals surface area contributed by atoms with Crippen LogP contribution in [0.2, 0.25) is 0 Å². The fraction of sp³-hybridized carbons (Fsp3) is 0.182. The van der Waals surface area contributed by atoms with E-state index in [1.807, 2.05) is 25.1 Å². The van der Waals surface area contributed by atoms with E-state index in [-0.39, 0.29) is 5.91 Å². The molecule has 74 valence electrons. The van der Waals surface area contributed by atoms with Crippen molar-refractivity contribution in [3.63, 3.8) is 0 Å². The van der Waals surface area contributed by atoms with Crippen LogP contribution >= 0.6 is 0 Å². The predicted octanol–water partition coefficient (Wildman–Crippen LogP) is 1.58. The Morgan fingerprint density at radius 3 is 2.86 bits per heavy atom. The molecular weight excluding hydrogens is 176 g/mol. The van der Waals surface area contributed by atoms with Crippen LogP contribution in [0, 0.1) is 6.92 Å². The van der Waals surface area contributed by atoms with Crippen molar-refractivity contribution in [3.05, 3.63) is 42.0 Å². The van der Waals surface area contributed by atoms with E-state index in [2.05, 4.69) is 11.9 Å². The second-order valence-corrected chi connectivity index (χ2v) is 3.04. The molecule has 0 heterocycles. The molecule has 0 unspecified atom stereocenters. The van der Waals surface area contributed by atoms with Crippen LogP contribution in [0.3, 0.4) is 0 Å². The van der Waals surface area contributed by atoms with Crippen LogP contribution in [0.5, 0.6) is 0 Å². The monoisotopic (exact) mass is 190 g/mol. The minimum atomic E-state index is -0.204. The molecule has 0 aliphatic carbocycles. The average molecular weight is 190 g/mol. The highest BCUT2D eigenvalue weighted by Gasteiger charge is 2.00. The van der Waals surface area contributed by atoms with Gasteiger partial charge in [-0.25, -0.2) is 0 Å². The highest BCUT2D eigenvalue weighted by molar-refractivity contribution is 5.98. The van der Waals surface area contributed by atoms with E-state index in [4.69, 9.17) is 5.73 Å². The van der Waals surface area contributed by atoms with Gasteiger partial charge in [0.1, 0.15) is 0 Å². The zero-order chi connectivity index (χ0) is 10.6. The Bertz CT molecular complexity index is 358. The Kier molecular flexibility index (Phi) is 3.42. The number of anilines is 1. The highest BCUT2D eigenvalue weighted by atomic mass is 16.1. The van der Waals surface area contributed by atoms with Crippen LogP contribution in [0.1, 0.15) is 11.1 Å². The van der Waals surface area contributed by atoms with Crippen molar-refractivity contribution in [3.8, 4) is 0 Å². The number of hydrogen-bond donors (Lipinski definition) is 2. The minimum absolute atomic E-state index is 0.204. The fourth-order valence-electron chi connectivity index (χ4n) is 1.20. The standard InChI is InChI=1S/C11H14N2O/c1-3-11(14)13-10-5-4-9(7-12)8(2)6-10/h3-6H,1,7,12H2,2H3,(H,13,14). The maximum atomic E-state index is 11.0. The lowest BCUT2D eigenvalue weighted by atomic mass is 10.1. The molecular formula is C11H14N2O. The van der Waals surface area contributed by atoms with Crippen molar-refractivity contribution >= 4 is 11.6 Å². The third kappa shape index (κ3) is 2.44. The largest absolute Gasteiger partial charge is 0.326 e. The number of nitrogens with one attached hydrogen (secondary N) is 1. The molecule has 0 fully saturated rings. The zero-order valence-corrected chi connectivity index (χ0v) is 8.21. The molecule has 0 radical (unpaired) electrons. The van der Waals surface area contributed by atoms with Crippen LogP contribution in [-0.4, -0.2) is 5.91 Å². The van der Waals surface area contributed by atoms with E-state index < -0.39 is 0 Å². The van der Waals surface area contributed by atoms with Crippen LogP contribution in [-0.2, 0) is 11.3 Å². The van der Waals surface area contributed by atoms with Crippen molar-refractivity contribution in [2.24, 2.45) is 5.73 Å². The Balaban J connectivity index is 2.86. The molecule has 3 heteroatoms. The first-order valence-corrected chi connectivity index (χ1v) is 4.40. The zero-order valence-electron chi connectivity index (χ0n) is 8.21. The summed E-state index contributed by atoms with van der Waals surface area (Å²) >= 11 is 0. The summed E-state index contributed by atoms with van der Waals surface area (Å²) in [5, 5.41) is 2.69. The number of benzene rings is 1. The molecule has 1 aromatic rings. The SMILES string of the molecule is C=CC(=O)Nc1ccc(CN)c(C)c1. The van der Waals surface area contributed by atoms with Crippen LogP contribution in [0.15, 0.2) is 30.9 Å². The van der Waals surface area contributed by atoms with E-state index in [9.17, 15) is 4.79 Å². The lowest BCUT2D eigenvalue weighted by Crippen LogP contribution is -2.08. The van der Waals surface area contributed by atoms with Gasteiger partial charge in [0.2, 0.25) is 5.91 Å². The summed E-state index contributed by atoms with van der Waals surface area (Å²) in [6.07, 6.45) is 1.24. The lowest BCUT2D eigenvalue weighted by Gasteiger charge is -2.06. The molecule has 0 saturated carbocycles. The van der Waals surface area contributed by atoms with Gasteiger partial charge >= 0.3 is 0 Å². The molecule has 0 atom stereocenters. The van der Waals surface area contributed by atoms with Gasteiger partial charge < -0.3 is 11.1 Å². The second-order valence-electron chi connectivity index (χ2n) is 3.04. The van der Waals surface area contributed by atoms with Gasteiger partial charge in [-0.2, -0.15) is 0 Å². The molecule has 14 heavy (non-hydrogen) atoms. The summed E-state index contributed by atoms with van der Waals surface area (Å²) < 4.78 is 0. The number of rotatable bonds is 3. The summed E-state index contributed by atoms with van der Waals surface area (Å²) in [7, 11) is 0. The normalized spacial score (nSPS) is 9.57. The molecule has 1 amide bonds. The maximum absolute atomic E-state index is 11.0. The predicted molar refractivity (Wildman–Crippen MR) is 57.9 cm³/mol. The topological polar surface area (TPSA) is 55.1 Å². The summed E-state index contributed by atoms with van der Waals surface area (Å²) in [5.41, 5.74) is 8.46. The van der Waals surface area contributed by atoms with Crippen molar-refractivity contribution in [2.75, 3.05) is 5.32 Å². The number of hydrogen-bond acceptors (Lipinski definition) is 2. The van der Waals surface area contributed by atoms with E-state index in [0.29, 0.717) is 6.54 Å². The number of aryl methyl sites for hydroxylation is 1. The smallest absolute Gasteiger partial charge is 0.247 e. The van der Waals surface area contributed by atoms with Gasteiger partial charge in [-0.3, -0.25) is 4.79 Å². The maximum Gasteiger partial charge on any atom is 0.247 e. The summed E-state index contributed by atoms with van der Waals surface area (Å²) in [6.45, 7) is 5.86. The van der Waals surface area contributed by atoms with E-state index in [1.165, 1.54) is 6.08 Å². The molecule has 0 bridgehead atoms. The molecule has 0 aromatic heterocycles. The molecule has 0 spiro atoms. The van der Waals surface area contributed by atoms with Crippen molar-refractivity contribution in [2.45, 2.75) is 13.5 Å². The molecule has 3 nitrogen and oxygen atoms in total. The Hall–Kier alpha value is -1.61. The Labute approximate surface area is 83.6 Å². The summed E-state index contributed by atoms with van der Waals surface area (Å²) in [5.74, 6) is -0.204. The molecule has 0 aliphatic heterocycles. The van der Waals surface area contributed by atoms with Crippen molar-refractivity contribution < 1.29 is 4.79 Å². The Morgan fingerprint density at radius 1 is 1.64 bits per heavy atom. The van der Waals surface area contributed by atoms with E-state index >= 15 is 0 Å². The summed E-state index contributed by atoms with van der Waals surface area (Å²) in [4.78, 5) is 11.0. The average Bonchev–Trinajstić information content (AvgIpc) is 2.18. The van der Waals surface area contributed by atoms with Crippen LogP contribution in [0.25, 0.3) is 0 Å². The van der Waals surface area contributed by atoms with Crippen molar-refractivity contribution in [1.29, 1.82) is 0 Å². The first-order chi connectivity index (χ1) is 6.67. The quantitative estimate of drug-likeness (QED) is 0.711. The van der Waals surface area contributed by atoms with E-state index in [1.54, 1.807) is 0 Å². The van der Waals surface area contributed by atoms with Crippen LogP contribution < -0.4 is 11.1 Å². The molecule has 0 saturated heterocycles. The van der Waals surface area contributed by atoms with Gasteiger partial charge in [0, 0.05) is 12.2 Å². The summed E-state index contributed by atoms with van der Waals surface area (Å²) in [6, 6.07) is 5.63. The number of nitrogens with two attached hydrogens (primary N) is 1. The molecule has 1 aromatic carbocycles. The number of carbonyl (C=O) groups excluding carboxylic acids is 1. The van der Waals surface area contributed by atoms with E-state index in [0.717, 1.165) is 16.8 Å². The van der Waals surface area contributed by atoms with Gasteiger partial charge in [-0.15, -0.1) is 0 Å². The van der Waals surface area contributed by atoms with Crippen LogP contribution in [0.4, 0.5) is 5.69 Å². The van der Waals surface area contributed by atoms with Gasteiger partial charge in [0.25, 0.3) is 0 Å². The molecule has 1 rings (SSSR count). The lowest BCUT2D eigenvalue weighted by molar-refractivity contribution is -0.111.